The zero-order chi connectivity index (χ0) is 10.8. The number of oxazole rings is 1. The summed E-state index contributed by atoms with van der Waals surface area (Å²) in [7, 11) is 0. The fourth-order valence-corrected chi connectivity index (χ4v) is 1.65. The van der Waals surface area contributed by atoms with Gasteiger partial charge < -0.3 is 4.42 Å². The molecular formula is C8H10F3NOS. The molecule has 2 nitrogen and oxygen atoms in total. The van der Waals surface area contributed by atoms with Crippen molar-refractivity contribution in [3.63, 3.8) is 0 Å². The van der Waals surface area contributed by atoms with E-state index in [9.17, 15) is 13.2 Å². The van der Waals surface area contributed by atoms with Crippen LogP contribution in [0.5, 0.6) is 0 Å². The lowest BCUT2D eigenvalue weighted by Gasteiger charge is -2.02. The van der Waals surface area contributed by atoms with E-state index in [1.807, 2.05) is 0 Å². The van der Waals surface area contributed by atoms with Crippen LogP contribution in [-0.4, -0.2) is 16.9 Å². The normalized spacial score (nSPS) is 12.1. The fourth-order valence-electron chi connectivity index (χ4n) is 0.759. The maximum Gasteiger partial charge on any atom is 0.389 e. The second kappa shape index (κ2) is 4.25. The monoisotopic (exact) mass is 225 g/mol. The SMILES string of the molecule is Cc1nc(SCCC(F)(F)F)oc1C. The highest BCUT2D eigenvalue weighted by molar-refractivity contribution is 7.99. The van der Waals surface area contributed by atoms with Crippen molar-refractivity contribution < 1.29 is 17.6 Å². The van der Waals surface area contributed by atoms with Crippen molar-refractivity contribution in [2.75, 3.05) is 5.75 Å². The molecule has 0 unspecified atom stereocenters. The molecule has 0 aliphatic heterocycles. The molecule has 0 radical (unpaired) electrons. The van der Waals surface area contributed by atoms with E-state index in [1.54, 1.807) is 13.8 Å². The second-order valence-electron chi connectivity index (χ2n) is 2.84. The van der Waals surface area contributed by atoms with Gasteiger partial charge in [0.05, 0.1) is 12.1 Å². The highest BCUT2D eigenvalue weighted by atomic mass is 32.2. The molecule has 0 saturated carbocycles. The van der Waals surface area contributed by atoms with Crippen LogP contribution < -0.4 is 0 Å². The Labute approximate surface area is 83.9 Å². The Morgan fingerprint density at radius 1 is 1.36 bits per heavy atom. The van der Waals surface area contributed by atoms with Gasteiger partial charge in [0, 0.05) is 5.75 Å². The minimum Gasteiger partial charge on any atom is -0.437 e. The number of hydrogen-bond acceptors (Lipinski definition) is 3. The topological polar surface area (TPSA) is 26.0 Å². The Balaban J connectivity index is 2.39. The molecule has 1 aromatic heterocycles. The molecule has 0 saturated heterocycles. The van der Waals surface area contributed by atoms with Gasteiger partial charge in [0.1, 0.15) is 5.76 Å². The molecule has 1 aromatic rings. The standard InChI is InChI=1S/C8H10F3NOS/c1-5-6(2)13-7(12-5)14-4-3-8(9,10)11/h3-4H2,1-2H3. The number of aromatic nitrogens is 1. The summed E-state index contributed by atoms with van der Waals surface area (Å²) in [5, 5.41) is 0.309. The first-order valence-corrected chi connectivity index (χ1v) is 5.00. The summed E-state index contributed by atoms with van der Waals surface area (Å²) >= 11 is 0.985. The number of halogens is 3. The van der Waals surface area contributed by atoms with Gasteiger partial charge in [0.25, 0.3) is 5.22 Å². The average Bonchev–Trinajstić information content (AvgIpc) is 2.28. The van der Waals surface area contributed by atoms with Crippen molar-refractivity contribution in [1.29, 1.82) is 0 Å². The second-order valence-corrected chi connectivity index (χ2v) is 3.88. The highest BCUT2D eigenvalue weighted by Crippen LogP contribution is 2.26. The molecule has 0 aliphatic carbocycles. The summed E-state index contributed by atoms with van der Waals surface area (Å²) in [5.74, 6) is 0.600. The average molecular weight is 225 g/mol. The van der Waals surface area contributed by atoms with Gasteiger partial charge >= 0.3 is 6.18 Å². The van der Waals surface area contributed by atoms with Crippen LogP contribution in [0.25, 0.3) is 0 Å². The fraction of sp³-hybridized carbons (Fsp3) is 0.625. The quantitative estimate of drug-likeness (QED) is 0.738. The summed E-state index contributed by atoms with van der Waals surface area (Å²) < 4.78 is 40.4. The summed E-state index contributed by atoms with van der Waals surface area (Å²) in [6, 6.07) is 0. The molecule has 0 amide bonds. The van der Waals surface area contributed by atoms with Gasteiger partial charge in [0.15, 0.2) is 0 Å². The third kappa shape index (κ3) is 3.61. The summed E-state index contributed by atoms with van der Waals surface area (Å²) in [6.45, 7) is 3.49. The molecule has 0 spiro atoms. The van der Waals surface area contributed by atoms with Crippen molar-refractivity contribution in [1.82, 2.24) is 4.98 Å². The predicted octanol–water partition coefficient (Wildman–Crippen LogP) is 3.34. The van der Waals surface area contributed by atoms with E-state index in [-0.39, 0.29) is 5.75 Å². The van der Waals surface area contributed by atoms with Crippen LogP contribution in [-0.2, 0) is 0 Å². The number of aryl methyl sites for hydroxylation is 2. The van der Waals surface area contributed by atoms with Crippen molar-refractivity contribution >= 4 is 11.8 Å². The Kier molecular flexibility index (Phi) is 3.47. The van der Waals surface area contributed by atoms with Gasteiger partial charge in [-0.3, -0.25) is 0 Å². The minimum absolute atomic E-state index is 0.0527. The molecule has 0 atom stereocenters. The van der Waals surface area contributed by atoms with E-state index in [0.29, 0.717) is 11.0 Å². The van der Waals surface area contributed by atoms with E-state index in [4.69, 9.17) is 4.42 Å². The molecule has 0 aromatic carbocycles. The molecule has 0 N–H and O–H groups in total. The molecule has 6 heteroatoms. The Morgan fingerprint density at radius 3 is 2.43 bits per heavy atom. The molecule has 1 rings (SSSR count). The van der Waals surface area contributed by atoms with Crippen molar-refractivity contribution in [2.45, 2.75) is 31.7 Å². The first kappa shape index (κ1) is 11.4. The van der Waals surface area contributed by atoms with Crippen molar-refractivity contribution in [3.8, 4) is 0 Å². The number of hydrogen-bond donors (Lipinski definition) is 0. The van der Waals surface area contributed by atoms with Crippen LogP contribution in [0.4, 0.5) is 13.2 Å². The predicted molar refractivity (Wildman–Crippen MR) is 47.4 cm³/mol. The minimum atomic E-state index is -4.11. The maximum atomic E-state index is 11.8. The summed E-state index contributed by atoms with van der Waals surface area (Å²) in [4.78, 5) is 3.96. The maximum absolute atomic E-state index is 11.8. The first-order valence-electron chi connectivity index (χ1n) is 4.02. The largest absolute Gasteiger partial charge is 0.437 e. The van der Waals surface area contributed by atoms with Crippen molar-refractivity contribution in [2.24, 2.45) is 0 Å². The molecule has 0 fully saturated rings. The lowest BCUT2D eigenvalue weighted by Crippen LogP contribution is -2.07. The zero-order valence-corrected chi connectivity index (χ0v) is 8.63. The highest BCUT2D eigenvalue weighted by Gasteiger charge is 2.26. The van der Waals surface area contributed by atoms with Crippen molar-refractivity contribution in [3.05, 3.63) is 11.5 Å². The number of nitrogens with zero attached hydrogens (tertiary/aromatic N) is 1. The Morgan fingerprint density at radius 2 is 2.00 bits per heavy atom. The lowest BCUT2D eigenvalue weighted by atomic mass is 10.4. The van der Waals surface area contributed by atoms with Gasteiger partial charge in [-0.25, -0.2) is 4.98 Å². The van der Waals surface area contributed by atoms with Crippen LogP contribution in [0.2, 0.25) is 0 Å². The number of rotatable bonds is 3. The van der Waals surface area contributed by atoms with Crippen LogP contribution in [0.3, 0.4) is 0 Å². The van der Waals surface area contributed by atoms with E-state index in [2.05, 4.69) is 4.98 Å². The Hall–Kier alpha value is -0.650. The van der Waals surface area contributed by atoms with Crippen LogP contribution in [0, 0.1) is 13.8 Å². The van der Waals surface area contributed by atoms with Crippen LogP contribution in [0.1, 0.15) is 17.9 Å². The smallest absolute Gasteiger partial charge is 0.389 e. The van der Waals surface area contributed by atoms with Crippen LogP contribution in [0.15, 0.2) is 9.64 Å². The number of alkyl halides is 3. The van der Waals surface area contributed by atoms with Gasteiger partial charge in [-0.2, -0.15) is 13.2 Å². The molecule has 0 aliphatic rings. The van der Waals surface area contributed by atoms with E-state index in [1.165, 1.54) is 0 Å². The van der Waals surface area contributed by atoms with Crippen LogP contribution >= 0.6 is 11.8 Å². The molecular weight excluding hydrogens is 215 g/mol. The number of thioether (sulfide) groups is 1. The first-order chi connectivity index (χ1) is 6.38. The van der Waals surface area contributed by atoms with E-state index < -0.39 is 12.6 Å². The van der Waals surface area contributed by atoms with E-state index >= 15 is 0 Å². The molecule has 1 heterocycles. The van der Waals surface area contributed by atoms with Gasteiger partial charge in [0.2, 0.25) is 0 Å². The third-order valence-corrected chi connectivity index (χ3v) is 2.45. The molecule has 14 heavy (non-hydrogen) atoms. The van der Waals surface area contributed by atoms with Gasteiger partial charge in [-0.1, -0.05) is 11.8 Å². The summed E-state index contributed by atoms with van der Waals surface area (Å²) in [6.07, 6.45) is -4.93. The zero-order valence-electron chi connectivity index (χ0n) is 7.81. The van der Waals surface area contributed by atoms with Gasteiger partial charge in [-0.15, -0.1) is 0 Å². The van der Waals surface area contributed by atoms with Gasteiger partial charge in [-0.05, 0) is 13.8 Å². The van der Waals surface area contributed by atoms with E-state index in [0.717, 1.165) is 17.5 Å². The molecule has 0 bridgehead atoms. The Bertz CT molecular complexity index is 289. The molecule has 80 valence electrons. The lowest BCUT2D eigenvalue weighted by molar-refractivity contribution is -0.129. The third-order valence-electron chi connectivity index (χ3n) is 1.62. The summed E-state index contributed by atoms with van der Waals surface area (Å²) in [5.41, 5.74) is 0.722.